The first kappa shape index (κ1) is 54.2. The van der Waals surface area contributed by atoms with Crippen molar-refractivity contribution in [2.45, 2.75) is 73.9 Å². The molecule has 0 bridgehead atoms. The fourth-order valence-electron chi connectivity index (χ4n) is 9.90. The third-order valence-electron chi connectivity index (χ3n) is 13.8. The van der Waals surface area contributed by atoms with Gasteiger partial charge in [-0.3, -0.25) is 29.8 Å². The number of aliphatic carboxylic acids is 2. The van der Waals surface area contributed by atoms with Crippen LogP contribution in [0.25, 0.3) is 0 Å². The van der Waals surface area contributed by atoms with Gasteiger partial charge in [-0.25, -0.2) is 9.59 Å². The van der Waals surface area contributed by atoms with Crippen molar-refractivity contribution in [3.05, 3.63) is 119 Å². The number of nitrogens with zero attached hydrogens (tertiary/aromatic N) is 2. The minimum Gasteiger partial charge on any atom is -0.487 e. The van der Waals surface area contributed by atoms with Crippen LogP contribution < -0.4 is 40.2 Å². The van der Waals surface area contributed by atoms with Crippen LogP contribution in [0.1, 0.15) is 48.2 Å². The smallest absolute Gasteiger partial charge is 0.326 e. The van der Waals surface area contributed by atoms with Crippen molar-refractivity contribution >= 4 is 59.1 Å². The molecule has 4 aromatic carbocycles. The standard InChI is InChI=1S/C54H62N6O14S2/c1-31-29-75-51-43(49(63)59(51)45(31)53(65)66)57-47(61)41(35-9-5-3-6-10-35)55-27-33-13-15-37-39(25-33)73-23-19-70-20-24-74-40-26-34(14-16-38(40)72-22-18-69-17-21-71-37)28-56-42(36-11-7-4-8-12-36)48(62)58-44-50(64)60-46(54(67)68)32(2)30-76-52(44)60/h3-16,25-26,31-32,41-46,51-52,55-56H,17-24,27-30H2,1-2H3,(H,57,61)(H,58,62)(H,65,66)(H,67,68)/t31?,32?,41-,42+,43-,44+,45?,46?,51?,52?. The Balaban J connectivity index is 0.795. The Morgan fingerprint density at radius 1 is 0.539 bits per heavy atom. The maximum absolute atomic E-state index is 14.0. The second kappa shape index (κ2) is 25.1. The normalized spacial score (nSPS) is 25.6. The van der Waals surface area contributed by atoms with E-state index in [9.17, 15) is 39.0 Å². The SMILES string of the molecule is CC1CSC2[C@H](NC(=O)[C@H](NCc3ccc4c(c3)OCCOCCOc3cc(CN[C@H](C(=O)N[C@H]5C(=O)N6C(C(=O)O)C(C)CSC56)c5ccccc5)ccc3OCCOCCO4)c3ccccc3)C(=O)N2C1C(=O)O. The summed E-state index contributed by atoms with van der Waals surface area (Å²) in [6.07, 6.45) is 0. The van der Waals surface area contributed by atoms with E-state index < -0.39 is 82.6 Å². The molecule has 6 N–H and O–H groups in total. The molecule has 5 heterocycles. The summed E-state index contributed by atoms with van der Waals surface area (Å²) >= 11 is 2.94. The van der Waals surface area contributed by atoms with E-state index in [0.717, 1.165) is 11.1 Å². The van der Waals surface area contributed by atoms with Gasteiger partial charge in [0.05, 0.1) is 26.4 Å². The quantitative estimate of drug-likeness (QED) is 0.0987. The summed E-state index contributed by atoms with van der Waals surface area (Å²) in [4.78, 5) is 81.2. The molecule has 4 saturated heterocycles. The molecule has 4 aromatic rings. The van der Waals surface area contributed by atoms with E-state index in [1.807, 2.05) is 98.8 Å². The summed E-state index contributed by atoms with van der Waals surface area (Å²) in [5.74, 6) is -1.20. The number of rotatable bonds is 14. The number of thioether (sulfide) groups is 2. The van der Waals surface area contributed by atoms with Crippen LogP contribution in [0, 0.1) is 11.8 Å². The molecular formula is C54H62N6O14S2. The van der Waals surface area contributed by atoms with Crippen LogP contribution in [-0.4, -0.2) is 155 Å². The number of nitrogens with one attached hydrogen (secondary N) is 4. The lowest BCUT2D eigenvalue weighted by atomic mass is 9.94. The Hall–Kier alpha value is -6.56. The van der Waals surface area contributed by atoms with Crippen LogP contribution in [-0.2, 0) is 51.3 Å². The molecule has 22 heteroatoms. The summed E-state index contributed by atoms with van der Waals surface area (Å²) in [6, 6.07) is 24.0. The van der Waals surface area contributed by atoms with E-state index in [-0.39, 0.29) is 77.8 Å². The van der Waals surface area contributed by atoms with Crippen LogP contribution in [0.3, 0.4) is 0 Å². The number of amides is 4. The first-order valence-corrected chi connectivity index (χ1v) is 27.4. The van der Waals surface area contributed by atoms with E-state index in [2.05, 4.69) is 21.3 Å². The van der Waals surface area contributed by atoms with Crippen molar-refractivity contribution < 1.29 is 67.4 Å². The Kier molecular flexibility index (Phi) is 17.9. The largest absolute Gasteiger partial charge is 0.487 e. The fourth-order valence-corrected chi connectivity index (χ4v) is 12.8. The van der Waals surface area contributed by atoms with Crippen LogP contribution in [0.15, 0.2) is 97.1 Å². The second-order valence-corrected chi connectivity index (χ2v) is 21.4. The summed E-state index contributed by atoms with van der Waals surface area (Å²) in [5, 5.41) is 31.2. The Morgan fingerprint density at radius 3 is 1.28 bits per heavy atom. The maximum Gasteiger partial charge on any atom is 0.326 e. The molecule has 0 saturated carbocycles. The maximum atomic E-state index is 14.0. The molecule has 4 amide bonds. The molecule has 20 nitrogen and oxygen atoms in total. The van der Waals surface area contributed by atoms with Crippen molar-refractivity contribution in [3.63, 3.8) is 0 Å². The van der Waals surface area contributed by atoms with Crippen LogP contribution in [0.2, 0.25) is 0 Å². The summed E-state index contributed by atoms with van der Waals surface area (Å²) in [5.41, 5.74) is 2.94. The number of fused-ring (bicyclic) bond motifs is 4. The van der Waals surface area contributed by atoms with Crippen LogP contribution >= 0.6 is 23.5 Å². The number of benzene rings is 4. The predicted molar refractivity (Wildman–Crippen MR) is 280 cm³/mol. The zero-order chi connectivity index (χ0) is 53.3. The molecule has 76 heavy (non-hydrogen) atoms. The zero-order valence-corrected chi connectivity index (χ0v) is 43.6. The van der Waals surface area contributed by atoms with Crippen molar-refractivity contribution in [1.82, 2.24) is 31.1 Å². The second-order valence-electron chi connectivity index (χ2n) is 19.1. The first-order chi connectivity index (χ1) is 36.9. The number of carboxylic acids is 2. The minimum absolute atomic E-state index is 0.173. The number of carbonyl (C=O) groups excluding carboxylic acids is 4. The van der Waals surface area contributed by atoms with Gasteiger partial charge in [-0.05, 0) is 58.4 Å². The highest BCUT2D eigenvalue weighted by atomic mass is 32.2. The van der Waals surface area contributed by atoms with Gasteiger partial charge in [0.15, 0.2) is 23.0 Å². The number of carbonyl (C=O) groups is 6. The van der Waals surface area contributed by atoms with Crippen LogP contribution in [0.5, 0.6) is 23.0 Å². The molecule has 10 atom stereocenters. The molecule has 0 spiro atoms. The van der Waals surface area contributed by atoms with Crippen molar-refractivity contribution in [1.29, 1.82) is 0 Å². The average Bonchev–Trinajstić information content (AvgIpc) is 3.43. The fraction of sp³-hybridized carbons (Fsp3) is 0.444. The molecule has 0 radical (unpaired) electrons. The number of ether oxygens (including phenoxy) is 6. The van der Waals surface area contributed by atoms with Gasteiger partial charge in [0, 0.05) is 24.6 Å². The Labute approximate surface area is 448 Å². The number of hydrogen-bond acceptors (Lipinski definition) is 16. The van der Waals surface area contributed by atoms with E-state index >= 15 is 0 Å². The van der Waals surface area contributed by atoms with Gasteiger partial charge in [-0.2, -0.15) is 0 Å². The van der Waals surface area contributed by atoms with Gasteiger partial charge >= 0.3 is 11.9 Å². The van der Waals surface area contributed by atoms with Crippen molar-refractivity contribution in [3.8, 4) is 23.0 Å². The van der Waals surface area contributed by atoms with Gasteiger partial charge in [-0.1, -0.05) is 86.6 Å². The molecule has 404 valence electrons. The molecule has 6 unspecified atom stereocenters. The van der Waals surface area contributed by atoms with Crippen molar-refractivity contribution in [2.75, 3.05) is 64.4 Å². The van der Waals surface area contributed by atoms with E-state index in [4.69, 9.17) is 28.4 Å². The number of carboxylic acid groups (broad SMARTS) is 2. The minimum atomic E-state index is -1.05. The van der Waals surface area contributed by atoms with Gasteiger partial charge in [0.2, 0.25) is 23.6 Å². The summed E-state index contributed by atoms with van der Waals surface area (Å²) in [7, 11) is 0. The highest BCUT2D eigenvalue weighted by molar-refractivity contribution is 8.00. The molecule has 0 aliphatic carbocycles. The molecule has 0 aromatic heterocycles. The summed E-state index contributed by atoms with van der Waals surface area (Å²) < 4.78 is 36.4. The molecular weight excluding hydrogens is 1020 g/mol. The van der Waals surface area contributed by atoms with E-state index in [1.165, 1.54) is 33.3 Å². The predicted octanol–water partition coefficient (Wildman–Crippen LogP) is 3.59. The van der Waals surface area contributed by atoms with Crippen molar-refractivity contribution in [2.24, 2.45) is 11.8 Å². The highest BCUT2D eigenvalue weighted by Crippen LogP contribution is 2.42. The topological polar surface area (TPSA) is 253 Å². The van der Waals surface area contributed by atoms with Gasteiger partial charge in [0.1, 0.15) is 73.4 Å². The van der Waals surface area contributed by atoms with Gasteiger partial charge < -0.3 is 59.1 Å². The third-order valence-corrected chi connectivity index (χ3v) is 16.9. The lowest BCUT2D eigenvalue weighted by Gasteiger charge is -2.53. The van der Waals surface area contributed by atoms with E-state index in [0.29, 0.717) is 45.6 Å². The molecule has 4 fully saturated rings. The lowest BCUT2D eigenvalue weighted by molar-refractivity contribution is -0.165. The number of β-lactam (4-membered cyclic amide) rings is 2. The zero-order valence-electron chi connectivity index (χ0n) is 42.0. The Morgan fingerprint density at radius 2 is 0.908 bits per heavy atom. The van der Waals surface area contributed by atoms with Gasteiger partial charge in [0.25, 0.3) is 0 Å². The summed E-state index contributed by atoms with van der Waals surface area (Å²) in [6.45, 7) is 5.79. The molecule has 9 rings (SSSR count). The Bertz CT molecular complexity index is 2550. The van der Waals surface area contributed by atoms with Gasteiger partial charge in [-0.15, -0.1) is 23.5 Å². The average molecular weight is 1080 g/mol. The highest BCUT2D eigenvalue weighted by Gasteiger charge is 2.58. The monoisotopic (exact) mass is 1080 g/mol. The molecule has 5 aliphatic rings. The first-order valence-electron chi connectivity index (χ1n) is 25.3. The van der Waals surface area contributed by atoms with Crippen LogP contribution in [0.4, 0.5) is 0 Å². The molecule has 5 aliphatic heterocycles. The number of hydrogen-bond donors (Lipinski definition) is 6. The van der Waals surface area contributed by atoms with E-state index in [1.54, 1.807) is 12.1 Å². The lowest BCUT2D eigenvalue weighted by Crippen LogP contribution is -2.75. The third kappa shape index (κ3) is 12.3.